The molecule has 6 nitrogen and oxygen atoms in total. The molecular formula is C16H20F3N3O3. The second kappa shape index (κ2) is 7.62. The van der Waals surface area contributed by atoms with Crippen LogP contribution in [0.1, 0.15) is 19.8 Å². The summed E-state index contributed by atoms with van der Waals surface area (Å²) in [6, 6.07) is 4.07. The average Bonchev–Trinajstić information content (AvgIpc) is 2.97. The fraction of sp³-hybridized carbons (Fsp3) is 0.500. The van der Waals surface area contributed by atoms with Crippen molar-refractivity contribution >= 4 is 23.2 Å². The van der Waals surface area contributed by atoms with Crippen LogP contribution in [0.3, 0.4) is 0 Å². The summed E-state index contributed by atoms with van der Waals surface area (Å²) in [5.41, 5.74) is 1.13. The number of ether oxygens (including phenoxy) is 1. The van der Waals surface area contributed by atoms with E-state index >= 15 is 0 Å². The van der Waals surface area contributed by atoms with Crippen LogP contribution in [0.25, 0.3) is 0 Å². The zero-order valence-electron chi connectivity index (χ0n) is 13.9. The fourth-order valence-electron chi connectivity index (χ4n) is 2.55. The van der Waals surface area contributed by atoms with E-state index in [0.29, 0.717) is 30.1 Å². The van der Waals surface area contributed by atoms with Gasteiger partial charge in [0, 0.05) is 24.7 Å². The van der Waals surface area contributed by atoms with Gasteiger partial charge in [-0.05, 0) is 25.5 Å². The Morgan fingerprint density at radius 3 is 2.68 bits per heavy atom. The number of rotatable bonds is 6. The van der Waals surface area contributed by atoms with Gasteiger partial charge in [-0.25, -0.2) is 0 Å². The molecule has 1 fully saturated rings. The highest BCUT2D eigenvalue weighted by atomic mass is 19.4. The van der Waals surface area contributed by atoms with Crippen LogP contribution in [0.2, 0.25) is 0 Å². The van der Waals surface area contributed by atoms with E-state index in [1.807, 2.05) is 5.32 Å². The van der Waals surface area contributed by atoms with Crippen molar-refractivity contribution in [3.63, 3.8) is 0 Å². The Labute approximate surface area is 143 Å². The second-order valence-corrected chi connectivity index (χ2v) is 5.73. The predicted molar refractivity (Wildman–Crippen MR) is 86.7 cm³/mol. The minimum atomic E-state index is -4.46. The van der Waals surface area contributed by atoms with E-state index in [2.05, 4.69) is 5.32 Å². The Kier molecular flexibility index (Phi) is 5.76. The molecule has 0 spiro atoms. The third-order valence-electron chi connectivity index (χ3n) is 3.78. The summed E-state index contributed by atoms with van der Waals surface area (Å²) in [6.45, 7) is 0.686. The first-order chi connectivity index (χ1) is 11.7. The van der Waals surface area contributed by atoms with Crippen LogP contribution < -0.4 is 20.3 Å². The lowest BCUT2D eigenvalue weighted by molar-refractivity contribution is -0.138. The number of amides is 2. The summed E-state index contributed by atoms with van der Waals surface area (Å²) < 4.78 is 41.7. The van der Waals surface area contributed by atoms with Gasteiger partial charge in [-0.2, -0.15) is 13.2 Å². The van der Waals surface area contributed by atoms with E-state index in [9.17, 15) is 22.8 Å². The third-order valence-corrected chi connectivity index (χ3v) is 3.78. The Morgan fingerprint density at radius 1 is 1.40 bits per heavy atom. The molecule has 138 valence electrons. The Hall–Kier alpha value is -2.45. The Balaban J connectivity index is 2.05. The SMILES string of the molecule is COc1cc(N[C@H](C)C(=O)NCC(F)(F)F)ccc1N1CCCC1=O. The molecule has 2 N–H and O–H groups in total. The second-order valence-electron chi connectivity index (χ2n) is 5.73. The Bertz CT molecular complexity index is 649. The summed E-state index contributed by atoms with van der Waals surface area (Å²) in [4.78, 5) is 25.2. The molecule has 0 unspecified atom stereocenters. The summed E-state index contributed by atoms with van der Waals surface area (Å²) in [5, 5.41) is 4.64. The number of methoxy groups -OCH3 is 1. The minimum absolute atomic E-state index is 0.0129. The zero-order valence-corrected chi connectivity index (χ0v) is 13.9. The lowest BCUT2D eigenvalue weighted by atomic mass is 10.2. The molecule has 2 amide bonds. The molecule has 0 bridgehead atoms. The van der Waals surface area contributed by atoms with Crippen LogP contribution in [0, 0.1) is 0 Å². The molecule has 0 saturated carbocycles. The number of alkyl halides is 3. The van der Waals surface area contributed by atoms with Gasteiger partial charge in [0.05, 0.1) is 12.8 Å². The van der Waals surface area contributed by atoms with E-state index in [0.717, 1.165) is 6.42 Å². The maximum absolute atomic E-state index is 12.1. The van der Waals surface area contributed by atoms with Crippen molar-refractivity contribution in [3.8, 4) is 5.75 Å². The van der Waals surface area contributed by atoms with Crippen LogP contribution in [0.5, 0.6) is 5.75 Å². The minimum Gasteiger partial charge on any atom is -0.494 e. The first kappa shape index (κ1) is 18.9. The van der Waals surface area contributed by atoms with Crippen molar-refractivity contribution in [2.45, 2.75) is 32.0 Å². The van der Waals surface area contributed by atoms with Crippen molar-refractivity contribution in [2.24, 2.45) is 0 Å². The monoisotopic (exact) mass is 359 g/mol. The molecule has 1 aliphatic rings. The van der Waals surface area contributed by atoms with Gasteiger partial charge in [-0.1, -0.05) is 0 Å². The fourth-order valence-corrected chi connectivity index (χ4v) is 2.55. The molecule has 25 heavy (non-hydrogen) atoms. The normalized spacial score (nSPS) is 15.9. The molecule has 2 rings (SSSR count). The lowest BCUT2D eigenvalue weighted by Crippen LogP contribution is -2.42. The van der Waals surface area contributed by atoms with E-state index in [4.69, 9.17) is 4.74 Å². The van der Waals surface area contributed by atoms with Crippen molar-refractivity contribution in [2.75, 3.05) is 30.4 Å². The van der Waals surface area contributed by atoms with Crippen LogP contribution in [0.4, 0.5) is 24.5 Å². The van der Waals surface area contributed by atoms with Crippen LogP contribution >= 0.6 is 0 Å². The van der Waals surface area contributed by atoms with Gasteiger partial charge < -0.3 is 20.3 Å². The number of hydrogen-bond donors (Lipinski definition) is 2. The van der Waals surface area contributed by atoms with E-state index in [1.54, 1.807) is 23.1 Å². The first-order valence-corrected chi connectivity index (χ1v) is 7.80. The third kappa shape index (κ3) is 5.01. The molecule has 9 heteroatoms. The van der Waals surface area contributed by atoms with Crippen LogP contribution in [0.15, 0.2) is 18.2 Å². The van der Waals surface area contributed by atoms with Crippen molar-refractivity contribution in [1.29, 1.82) is 0 Å². The van der Waals surface area contributed by atoms with E-state index < -0.39 is 24.7 Å². The van der Waals surface area contributed by atoms with Crippen molar-refractivity contribution < 1.29 is 27.5 Å². The Morgan fingerprint density at radius 2 is 2.12 bits per heavy atom. The maximum atomic E-state index is 12.1. The van der Waals surface area contributed by atoms with E-state index in [1.165, 1.54) is 14.0 Å². The van der Waals surface area contributed by atoms with E-state index in [-0.39, 0.29) is 5.91 Å². The van der Waals surface area contributed by atoms with Crippen molar-refractivity contribution in [1.82, 2.24) is 5.32 Å². The first-order valence-electron chi connectivity index (χ1n) is 7.80. The predicted octanol–water partition coefficient (Wildman–Crippen LogP) is 2.30. The highest BCUT2D eigenvalue weighted by Crippen LogP contribution is 2.34. The molecule has 0 aromatic heterocycles. The van der Waals surface area contributed by atoms with Crippen molar-refractivity contribution in [3.05, 3.63) is 18.2 Å². The summed E-state index contributed by atoms with van der Waals surface area (Å²) in [7, 11) is 1.46. The number of carbonyl (C=O) groups excluding carboxylic acids is 2. The number of halogens is 3. The lowest BCUT2D eigenvalue weighted by Gasteiger charge is -2.21. The topological polar surface area (TPSA) is 70.7 Å². The van der Waals surface area contributed by atoms with Crippen LogP contribution in [-0.4, -0.2) is 44.2 Å². The molecule has 1 aromatic carbocycles. The van der Waals surface area contributed by atoms with Crippen LogP contribution in [-0.2, 0) is 9.59 Å². The molecule has 1 saturated heterocycles. The molecule has 1 aliphatic heterocycles. The number of nitrogens with zero attached hydrogens (tertiary/aromatic N) is 1. The van der Waals surface area contributed by atoms with Gasteiger partial charge in [-0.15, -0.1) is 0 Å². The standard InChI is InChI=1S/C16H20F3N3O3/c1-10(15(24)20-9-16(17,18)19)21-11-5-6-12(13(8-11)25-2)22-7-3-4-14(22)23/h5-6,8,10,21H,3-4,7,9H2,1-2H3,(H,20,24)/t10-/m1/s1. The smallest absolute Gasteiger partial charge is 0.405 e. The summed E-state index contributed by atoms with van der Waals surface area (Å²) in [5.74, 6) is -0.308. The molecule has 0 radical (unpaired) electrons. The summed E-state index contributed by atoms with van der Waals surface area (Å²) in [6.07, 6.45) is -3.19. The van der Waals surface area contributed by atoms with Gasteiger partial charge in [-0.3, -0.25) is 9.59 Å². The molecule has 1 heterocycles. The largest absolute Gasteiger partial charge is 0.494 e. The van der Waals surface area contributed by atoms with Gasteiger partial charge in [0.2, 0.25) is 11.8 Å². The molecular weight excluding hydrogens is 339 g/mol. The molecule has 1 aromatic rings. The van der Waals surface area contributed by atoms with Gasteiger partial charge >= 0.3 is 6.18 Å². The highest BCUT2D eigenvalue weighted by molar-refractivity contribution is 5.97. The number of hydrogen-bond acceptors (Lipinski definition) is 4. The molecule has 0 aliphatic carbocycles. The number of nitrogens with one attached hydrogen (secondary N) is 2. The van der Waals surface area contributed by atoms with Gasteiger partial charge in [0.15, 0.2) is 0 Å². The maximum Gasteiger partial charge on any atom is 0.405 e. The van der Waals surface area contributed by atoms with Gasteiger partial charge in [0.25, 0.3) is 0 Å². The number of benzene rings is 1. The summed E-state index contributed by atoms with van der Waals surface area (Å²) >= 11 is 0. The van der Waals surface area contributed by atoms with Gasteiger partial charge in [0.1, 0.15) is 18.3 Å². The highest BCUT2D eigenvalue weighted by Gasteiger charge is 2.29. The quantitative estimate of drug-likeness (QED) is 0.818. The average molecular weight is 359 g/mol. The number of anilines is 2. The zero-order chi connectivity index (χ0) is 18.6. The molecule has 1 atom stereocenters. The number of carbonyl (C=O) groups is 2.